The third kappa shape index (κ3) is 3.83. The molecule has 0 aliphatic rings. The van der Waals surface area contributed by atoms with Crippen molar-refractivity contribution in [3.8, 4) is 6.07 Å². The van der Waals surface area contributed by atoms with Crippen molar-refractivity contribution in [2.45, 2.75) is 13.0 Å². The molecule has 5 nitrogen and oxygen atoms in total. The Morgan fingerprint density at radius 1 is 1.37 bits per heavy atom. The van der Waals surface area contributed by atoms with E-state index >= 15 is 0 Å². The molecule has 0 radical (unpaired) electrons. The highest BCUT2D eigenvalue weighted by molar-refractivity contribution is 5.85. The first-order valence-corrected chi connectivity index (χ1v) is 5.39. The molecule has 98 valence electrons. The van der Waals surface area contributed by atoms with Crippen molar-refractivity contribution >= 4 is 18.4 Å². The minimum atomic E-state index is -0.878. The van der Waals surface area contributed by atoms with Crippen molar-refractivity contribution in [2.75, 3.05) is 0 Å². The van der Waals surface area contributed by atoms with Crippen LogP contribution in [0.1, 0.15) is 16.8 Å². The monoisotopic (exact) mass is 277 g/mol. The second kappa shape index (κ2) is 6.57. The lowest BCUT2D eigenvalue weighted by Crippen LogP contribution is -2.08. The maximum atomic E-state index is 10.7. The van der Waals surface area contributed by atoms with Gasteiger partial charge in [-0.05, 0) is 17.7 Å². The van der Waals surface area contributed by atoms with E-state index < -0.39 is 5.97 Å². The van der Waals surface area contributed by atoms with Gasteiger partial charge in [-0.3, -0.25) is 4.79 Å². The number of rotatable bonds is 4. The zero-order chi connectivity index (χ0) is 13.0. The lowest BCUT2D eigenvalue weighted by molar-refractivity contribution is -0.136. The van der Waals surface area contributed by atoms with Crippen LogP contribution in [-0.4, -0.2) is 20.6 Å². The van der Waals surface area contributed by atoms with Gasteiger partial charge in [0, 0.05) is 18.4 Å². The Morgan fingerprint density at radius 2 is 2.05 bits per heavy atom. The molecule has 19 heavy (non-hydrogen) atoms. The van der Waals surface area contributed by atoms with Crippen LogP contribution in [0.5, 0.6) is 0 Å². The van der Waals surface area contributed by atoms with E-state index in [1.165, 1.54) is 0 Å². The minimum Gasteiger partial charge on any atom is -0.481 e. The Hall–Kier alpha value is -2.32. The van der Waals surface area contributed by atoms with Gasteiger partial charge in [0.25, 0.3) is 0 Å². The Bertz CT molecular complexity index is 599. The molecule has 1 aromatic heterocycles. The summed E-state index contributed by atoms with van der Waals surface area (Å²) in [6.07, 6.45) is 3.12. The molecule has 0 aliphatic heterocycles. The number of hydrogen-bond donors (Lipinski definition) is 1. The molecule has 0 bridgehead atoms. The number of benzene rings is 1. The summed E-state index contributed by atoms with van der Waals surface area (Å²) in [5.41, 5.74) is 2.26. The van der Waals surface area contributed by atoms with Gasteiger partial charge in [-0.1, -0.05) is 12.1 Å². The van der Waals surface area contributed by atoms with Gasteiger partial charge in [0.2, 0.25) is 0 Å². The lowest BCUT2D eigenvalue weighted by atomic mass is 10.1. The molecule has 6 heteroatoms. The molecule has 0 fully saturated rings. The third-order valence-electron chi connectivity index (χ3n) is 2.57. The van der Waals surface area contributed by atoms with Gasteiger partial charge in [-0.25, -0.2) is 4.98 Å². The molecule has 0 aliphatic carbocycles. The van der Waals surface area contributed by atoms with Gasteiger partial charge in [0.1, 0.15) is 0 Å². The zero-order valence-electron chi connectivity index (χ0n) is 9.98. The van der Waals surface area contributed by atoms with E-state index in [4.69, 9.17) is 10.4 Å². The molecule has 1 heterocycles. The van der Waals surface area contributed by atoms with Crippen LogP contribution in [0.15, 0.2) is 36.8 Å². The number of imidazole rings is 1. The standard InChI is InChI=1S/C13H11N3O2.ClH/c14-6-10-1-3-11(4-2-10)8-16-9-15-7-12(16)5-13(17)18;/h1-4,7,9H,5,8H2,(H,17,18);1H. The molecule has 1 aromatic carbocycles. The minimum absolute atomic E-state index is 0. The van der Waals surface area contributed by atoms with E-state index in [1.54, 1.807) is 29.2 Å². The number of carboxylic acids is 1. The summed E-state index contributed by atoms with van der Waals surface area (Å²) in [6, 6.07) is 9.23. The van der Waals surface area contributed by atoms with Crippen molar-refractivity contribution in [1.29, 1.82) is 5.26 Å². The van der Waals surface area contributed by atoms with Gasteiger partial charge in [0.15, 0.2) is 0 Å². The van der Waals surface area contributed by atoms with Crippen LogP contribution in [0, 0.1) is 11.3 Å². The van der Waals surface area contributed by atoms with Crippen LogP contribution in [0.2, 0.25) is 0 Å². The number of aromatic nitrogens is 2. The highest BCUT2D eigenvalue weighted by atomic mass is 35.5. The van der Waals surface area contributed by atoms with Crippen LogP contribution < -0.4 is 0 Å². The fourth-order valence-electron chi connectivity index (χ4n) is 1.67. The number of hydrogen-bond acceptors (Lipinski definition) is 3. The molecule has 2 aromatic rings. The van der Waals surface area contributed by atoms with Crippen LogP contribution >= 0.6 is 12.4 Å². The first kappa shape index (κ1) is 14.7. The molecule has 0 saturated heterocycles. The predicted octanol–water partition coefficient (Wildman–Crippen LogP) is 1.85. The largest absolute Gasteiger partial charge is 0.481 e. The number of halogens is 1. The normalized spacial score (nSPS) is 9.42. The van der Waals surface area contributed by atoms with Crippen LogP contribution in [-0.2, 0) is 17.8 Å². The number of nitriles is 1. The van der Waals surface area contributed by atoms with E-state index in [-0.39, 0.29) is 18.8 Å². The molecule has 0 atom stereocenters. The van der Waals surface area contributed by atoms with Crippen LogP contribution in [0.25, 0.3) is 0 Å². The summed E-state index contributed by atoms with van der Waals surface area (Å²) in [7, 11) is 0. The molecule has 1 N–H and O–H groups in total. The van der Waals surface area contributed by atoms with Gasteiger partial charge in [0.05, 0.1) is 24.4 Å². The first-order chi connectivity index (χ1) is 8.69. The molecule has 0 amide bonds. The second-order valence-corrected chi connectivity index (χ2v) is 3.89. The molecule has 2 rings (SSSR count). The zero-order valence-corrected chi connectivity index (χ0v) is 10.8. The molecular weight excluding hydrogens is 266 g/mol. The molecule has 0 saturated carbocycles. The number of nitrogens with zero attached hydrogens (tertiary/aromatic N) is 3. The number of aliphatic carboxylic acids is 1. The van der Waals surface area contributed by atoms with E-state index in [0.717, 1.165) is 5.56 Å². The van der Waals surface area contributed by atoms with E-state index in [9.17, 15) is 4.79 Å². The predicted molar refractivity (Wildman–Crippen MR) is 71.1 cm³/mol. The lowest BCUT2D eigenvalue weighted by Gasteiger charge is -2.06. The molecule has 0 spiro atoms. The maximum Gasteiger partial charge on any atom is 0.309 e. The van der Waals surface area contributed by atoms with Crippen molar-refractivity contribution in [3.63, 3.8) is 0 Å². The average molecular weight is 278 g/mol. The number of carbonyl (C=O) groups is 1. The summed E-state index contributed by atoms with van der Waals surface area (Å²) in [6.45, 7) is 0.550. The highest BCUT2D eigenvalue weighted by Gasteiger charge is 2.07. The van der Waals surface area contributed by atoms with Crippen molar-refractivity contribution in [2.24, 2.45) is 0 Å². The summed E-state index contributed by atoms with van der Waals surface area (Å²) in [5.74, 6) is -0.878. The van der Waals surface area contributed by atoms with Gasteiger partial charge in [-0.2, -0.15) is 5.26 Å². The summed E-state index contributed by atoms with van der Waals surface area (Å²) >= 11 is 0. The Balaban J connectivity index is 0.00000180. The fourth-order valence-corrected chi connectivity index (χ4v) is 1.67. The van der Waals surface area contributed by atoms with Gasteiger partial charge in [-0.15, -0.1) is 12.4 Å². The number of carboxylic acid groups (broad SMARTS) is 1. The second-order valence-electron chi connectivity index (χ2n) is 3.89. The quantitative estimate of drug-likeness (QED) is 0.925. The SMILES string of the molecule is Cl.N#Cc1ccc(Cn2cncc2CC(=O)O)cc1. The fraction of sp³-hybridized carbons (Fsp3) is 0.154. The third-order valence-corrected chi connectivity index (χ3v) is 2.57. The summed E-state index contributed by atoms with van der Waals surface area (Å²) in [5, 5.41) is 17.5. The van der Waals surface area contributed by atoms with Crippen LogP contribution in [0.4, 0.5) is 0 Å². The van der Waals surface area contributed by atoms with Gasteiger partial charge < -0.3 is 9.67 Å². The highest BCUT2D eigenvalue weighted by Crippen LogP contribution is 2.08. The maximum absolute atomic E-state index is 10.7. The van der Waals surface area contributed by atoms with E-state index in [2.05, 4.69) is 11.1 Å². The van der Waals surface area contributed by atoms with Gasteiger partial charge >= 0.3 is 5.97 Å². The van der Waals surface area contributed by atoms with Crippen molar-refractivity contribution in [1.82, 2.24) is 9.55 Å². The molecule has 0 unspecified atom stereocenters. The average Bonchev–Trinajstić information content (AvgIpc) is 2.77. The van der Waals surface area contributed by atoms with Crippen molar-refractivity contribution in [3.05, 3.63) is 53.6 Å². The smallest absolute Gasteiger partial charge is 0.309 e. The molecular formula is C13H12ClN3O2. The van der Waals surface area contributed by atoms with E-state index in [0.29, 0.717) is 17.8 Å². The summed E-state index contributed by atoms with van der Waals surface area (Å²) < 4.78 is 1.79. The van der Waals surface area contributed by atoms with E-state index in [1.807, 2.05) is 12.1 Å². The topological polar surface area (TPSA) is 78.9 Å². The Labute approximate surface area is 116 Å². The Kier molecular flexibility index (Phi) is 5.10. The van der Waals surface area contributed by atoms with Crippen LogP contribution in [0.3, 0.4) is 0 Å². The van der Waals surface area contributed by atoms with Crippen molar-refractivity contribution < 1.29 is 9.90 Å². The Morgan fingerprint density at radius 3 is 2.63 bits per heavy atom. The first-order valence-electron chi connectivity index (χ1n) is 5.39. The summed E-state index contributed by atoms with van der Waals surface area (Å²) in [4.78, 5) is 14.6.